The lowest BCUT2D eigenvalue weighted by Gasteiger charge is -2.16. The first-order chi connectivity index (χ1) is 19.2. The van der Waals surface area contributed by atoms with Gasteiger partial charge >= 0.3 is 0 Å². The molecular weight excluding hydrogens is 530 g/mol. The Hall–Kier alpha value is -5.65. The van der Waals surface area contributed by atoms with E-state index in [0.717, 1.165) is 0 Å². The predicted molar refractivity (Wildman–Crippen MR) is 148 cm³/mol. The fourth-order valence-electron chi connectivity index (χ4n) is 3.62. The molecule has 2 amide bonds. The van der Waals surface area contributed by atoms with Crippen LogP contribution in [0.1, 0.15) is 31.8 Å². The lowest BCUT2D eigenvalue weighted by atomic mass is 10.1. The fourth-order valence-corrected chi connectivity index (χ4v) is 4.71. The van der Waals surface area contributed by atoms with E-state index < -0.39 is 21.8 Å². The van der Waals surface area contributed by atoms with Crippen LogP contribution in [0.25, 0.3) is 0 Å². The van der Waals surface area contributed by atoms with Crippen molar-refractivity contribution in [1.82, 2.24) is 0 Å². The third-order valence-electron chi connectivity index (χ3n) is 5.70. The zero-order valence-electron chi connectivity index (χ0n) is 21.0. The number of sulfonamides is 1. The minimum absolute atomic E-state index is 0.0132. The first-order valence-electron chi connectivity index (χ1n) is 11.7. The molecule has 0 atom stereocenters. The van der Waals surface area contributed by atoms with Crippen molar-refractivity contribution in [2.75, 3.05) is 22.5 Å². The van der Waals surface area contributed by atoms with Crippen molar-refractivity contribution in [3.63, 3.8) is 0 Å². The molecular formula is C29H21N5O5S. The molecule has 0 saturated heterocycles. The molecule has 0 aliphatic carbocycles. The van der Waals surface area contributed by atoms with E-state index in [2.05, 4.69) is 15.4 Å². The molecule has 198 valence electrons. The van der Waals surface area contributed by atoms with Gasteiger partial charge in [-0.05, 0) is 78.9 Å². The predicted octanol–water partition coefficient (Wildman–Crippen LogP) is 4.74. The first-order valence-corrected chi connectivity index (χ1v) is 13.2. The molecule has 4 aromatic rings. The molecule has 4 aromatic carbocycles. The van der Waals surface area contributed by atoms with E-state index in [4.69, 9.17) is 15.3 Å². The maximum atomic E-state index is 13.2. The van der Waals surface area contributed by atoms with Gasteiger partial charge in [-0.3, -0.25) is 14.3 Å². The summed E-state index contributed by atoms with van der Waals surface area (Å²) in [5.74, 6) is -0.821. The van der Waals surface area contributed by atoms with Gasteiger partial charge in [0.2, 0.25) is 0 Å². The van der Waals surface area contributed by atoms with Gasteiger partial charge in [-0.2, -0.15) is 10.5 Å². The number of amides is 2. The van der Waals surface area contributed by atoms with E-state index in [1.807, 2.05) is 12.1 Å². The van der Waals surface area contributed by atoms with E-state index >= 15 is 0 Å². The van der Waals surface area contributed by atoms with Gasteiger partial charge in [0.15, 0.2) is 0 Å². The van der Waals surface area contributed by atoms with Crippen LogP contribution in [0.4, 0.5) is 17.1 Å². The maximum absolute atomic E-state index is 13.2. The lowest BCUT2D eigenvalue weighted by Crippen LogP contribution is -2.18. The Morgan fingerprint density at radius 2 is 1.23 bits per heavy atom. The second-order valence-electron chi connectivity index (χ2n) is 8.30. The average molecular weight is 552 g/mol. The normalized spacial score (nSPS) is 10.5. The molecule has 11 heteroatoms. The number of para-hydroxylation sites is 2. The quantitative estimate of drug-likeness (QED) is 0.285. The zero-order valence-corrected chi connectivity index (χ0v) is 21.8. The first kappa shape index (κ1) is 27.4. The highest BCUT2D eigenvalue weighted by molar-refractivity contribution is 7.92. The summed E-state index contributed by atoms with van der Waals surface area (Å²) >= 11 is 0. The van der Waals surface area contributed by atoms with Crippen LogP contribution in [-0.2, 0) is 10.0 Å². The van der Waals surface area contributed by atoms with Gasteiger partial charge in [-0.1, -0.05) is 12.1 Å². The molecule has 0 aromatic heterocycles. The second kappa shape index (κ2) is 11.8. The topological polar surface area (TPSA) is 161 Å². The Morgan fingerprint density at radius 1 is 0.700 bits per heavy atom. The third-order valence-corrected chi connectivity index (χ3v) is 7.06. The molecule has 4 rings (SSSR count). The van der Waals surface area contributed by atoms with E-state index in [1.54, 1.807) is 18.2 Å². The SMILES string of the molecule is COc1ccccc1NS(=O)(=O)c1ccc(NC(=O)c2ccc(C#N)cc2)c(NC(=O)c2ccc(C#N)cc2)c1. The molecule has 3 N–H and O–H groups in total. The number of nitriles is 2. The van der Waals surface area contributed by atoms with E-state index in [1.165, 1.54) is 79.9 Å². The van der Waals surface area contributed by atoms with Gasteiger partial charge in [0.25, 0.3) is 21.8 Å². The summed E-state index contributed by atoms with van der Waals surface area (Å²) in [6.45, 7) is 0. The number of rotatable bonds is 8. The van der Waals surface area contributed by atoms with Gasteiger partial charge in [-0.25, -0.2) is 8.42 Å². The lowest BCUT2D eigenvalue weighted by molar-refractivity contribution is 0.101. The fraction of sp³-hybridized carbons (Fsp3) is 0.0345. The van der Waals surface area contributed by atoms with Crippen LogP contribution in [0.2, 0.25) is 0 Å². The smallest absolute Gasteiger partial charge is 0.262 e. The zero-order chi connectivity index (χ0) is 28.7. The summed E-state index contributed by atoms with van der Waals surface area (Å²) in [5, 5.41) is 23.3. The maximum Gasteiger partial charge on any atom is 0.262 e. The van der Waals surface area contributed by atoms with E-state index in [9.17, 15) is 18.0 Å². The van der Waals surface area contributed by atoms with Crippen LogP contribution in [0.15, 0.2) is 95.9 Å². The van der Waals surface area contributed by atoms with Crippen molar-refractivity contribution in [3.8, 4) is 17.9 Å². The summed E-state index contributed by atoms with van der Waals surface area (Å²) in [5.41, 5.74) is 1.56. The highest BCUT2D eigenvalue weighted by Gasteiger charge is 2.20. The molecule has 10 nitrogen and oxygen atoms in total. The summed E-state index contributed by atoms with van der Waals surface area (Å²) in [7, 11) is -2.73. The molecule has 0 aliphatic rings. The Kier molecular flexibility index (Phi) is 8.09. The monoisotopic (exact) mass is 551 g/mol. The molecule has 0 spiro atoms. The number of hydrogen-bond acceptors (Lipinski definition) is 7. The van der Waals surface area contributed by atoms with Crippen molar-refractivity contribution in [2.45, 2.75) is 4.90 Å². The van der Waals surface area contributed by atoms with Crippen LogP contribution in [0, 0.1) is 22.7 Å². The molecule has 0 heterocycles. The summed E-state index contributed by atoms with van der Waals surface area (Å²) in [6.07, 6.45) is 0. The number of carbonyl (C=O) groups excluding carboxylic acids is 2. The van der Waals surface area contributed by atoms with Crippen LogP contribution in [0.3, 0.4) is 0 Å². The number of carbonyl (C=O) groups is 2. The Labute approximate surface area is 230 Å². The highest BCUT2D eigenvalue weighted by Crippen LogP contribution is 2.30. The van der Waals surface area contributed by atoms with Gasteiger partial charge < -0.3 is 15.4 Å². The molecule has 0 aliphatic heterocycles. The van der Waals surface area contributed by atoms with Crippen molar-refractivity contribution in [2.24, 2.45) is 0 Å². The third kappa shape index (κ3) is 6.25. The van der Waals surface area contributed by atoms with Crippen LogP contribution < -0.4 is 20.1 Å². The van der Waals surface area contributed by atoms with Crippen LogP contribution in [0.5, 0.6) is 5.75 Å². The van der Waals surface area contributed by atoms with E-state index in [0.29, 0.717) is 16.9 Å². The van der Waals surface area contributed by atoms with Crippen LogP contribution >= 0.6 is 0 Å². The van der Waals surface area contributed by atoms with Crippen molar-refractivity contribution >= 4 is 38.9 Å². The Bertz CT molecular complexity index is 1770. The number of nitrogens with one attached hydrogen (secondary N) is 3. The number of nitrogens with zero attached hydrogens (tertiary/aromatic N) is 2. The van der Waals surface area contributed by atoms with Crippen LogP contribution in [-0.4, -0.2) is 27.3 Å². The molecule has 0 radical (unpaired) electrons. The molecule has 0 fully saturated rings. The van der Waals surface area contributed by atoms with Gasteiger partial charge in [0.05, 0.1) is 52.3 Å². The largest absolute Gasteiger partial charge is 0.495 e. The molecule has 0 unspecified atom stereocenters. The average Bonchev–Trinajstić information content (AvgIpc) is 2.98. The standard InChI is InChI=1S/C29H21N5O5S/c1-39-27-5-3-2-4-25(27)34-40(37,38)23-14-15-24(32-28(35)21-10-6-19(17-30)7-11-21)26(16-23)33-29(36)22-12-8-20(18-31)9-13-22/h2-16,34H,1H3,(H,32,35)(H,33,36). The van der Waals surface area contributed by atoms with Gasteiger partial charge in [0.1, 0.15) is 5.75 Å². The summed E-state index contributed by atoms with van der Waals surface area (Å²) in [6, 6.07) is 26.0. The summed E-state index contributed by atoms with van der Waals surface area (Å²) in [4.78, 5) is 25.7. The molecule has 40 heavy (non-hydrogen) atoms. The number of hydrogen-bond donors (Lipinski definition) is 3. The Balaban J connectivity index is 1.69. The second-order valence-corrected chi connectivity index (χ2v) is 9.98. The summed E-state index contributed by atoms with van der Waals surface area (Å²) < 4.78 is 34.2. The van der Waals surface area contributed by atoms with Crippen molar-refractivity contribution in [1.29, 1.82) is 10.5 Å². The van der Waals surface area contributed by atoms with Crippen molar-refractivity contribution in [3.05, 3.63) is 113 Å². The Morgan fingerprint density at radius 3 is 1.75 bits per heavy atom. The number of anilines is 3. The molecule has 0 bridgehead atoms. The van der Waals surface area contributed by atoms with Crippen molar-refractivity contribution < 1.29 is 22.7 Å². The highest BCUT2D eigenvalue weighted by atomic mass is 32.2. The minimum Gasteiger partial charge on any atom is -0.495 e. The molecule has 0 saturated carbocycles. The van der Waals surface area contributed by atoms with Gasteiger partial charge in [-0.15, -0.1) is 0 Å². The van der Waals surface area contributed by atoms with E-state index in [-0.39, 0.29) is 33.1 Å². The minimum atomic E-state index is -4.14. The number of benzene rings is 4. The van der Waals surface area contributed by atoms with Gasteiger partial charge in [0, 0.05) is 11.1 Å². The number of ether oxygens (including phenoxy) is 1. The number of methoxy groups -OCH3 is 1.